The van der Waals surface area contributed by atoms with Gasteiger partial charge in [0.1, 0.15) is 6.79 Å². The molecule has 1 N–H and O–H groups in total. The van der Waals surface area contributed by atoms with E-state index in [1.165, 1.54) is 0 Å². The molecule has 226 valence electrons. The monoisotopic (exact) mass is 574 g/mol. The van der Waals surface area contributed by atoms with E-state index < -0.39 is 5.92 Å². The van der Waals surface area contributed by atoms with E-state index in [1.54, 1.807) is 0 Å². The molecule has 4 aliphatic heterocycles. The van der Waals surface area contributed by atoms with Crippen LogP contribution in [0.25, 0.3) is 0 Å². The number of hydrogen-bond acceptors (Lipinski definition) is 5. The van der Waals surface area contributed by atoms with Crippen LogP contribution in [0.2, 0.25) is 0 Å². The van der Waals surface area contributed by atoms with E-state index >= 15 is 0 Å². The van der Waals surface area contributed by atoms with Crippen LogP contribution in [-0.2, 0) is 14.3 Å². The third kappa shape index (κ3) is 6.11. The maximum absolute atomic E-state index is 13.7. The van der Waals surface area contributed by atoms with Gasteiger partial charge in [0.15, 0.2) is 0 Å². The molecule has 2 bridgehead atoms. The fourth-order valence-corrected chi connectivity index (χ4v) is 8.10. The minimum Gasteiger partial charge on any atom is -0.355 e. The van der Waals surface area contributed by atoms with Crippen molar-refractivity contribution in [3.05, 3.63) is 35.9 Å². The second kappa shape index (κ2) is 11.8. The van der Waals surface area contributed by atoms with Crippen LogP contribution in [0.4, 0.5) is 13.6 Å². The van der Waals surface area contributed by atoms with Gasteiger partial charge in [-0.25, -0.2) is 13.6 Å². The van der Waals surface area contributed by atoms with Gasteiger partial charge in [-0.1, -0.05) is 30.3 Å². The highest BCUT2D eigenvalue weighted by Gasteiger charge is 2.56. The topological polar surface area (TPSA) is 74.4 Å². The number of fused-ring (bicyclic) bond motifs is 2. The second-order valence-corrected chi connectivity index (χ2v) is 13.1. The highest BCUT2D eigenvalue weighted by molar-refractivity contribution is 5.79. The largest absolute Gasteiger partial charge is 0.355 e. The summed E-state index contributed by atoms with van der Waals surface area (Å²) in [5.74, 6) is -2.89. The smallest absolute Gasteiger partial charge is 0.320 e. The van der Waals surface area contributed by atoms with E-state index in [4.69, 9.17) is 9.47 Å². The number of ether oxygens (including phenoxy) is 2. The summed E-state index contributed by atoms with van der Waals surface area (Å²) in [4.78, 5) is 33.1. The first-order valence-electron chi connectivity index (χ1n) is 15.4. The van der Waals surface area contributed by atoms with E-state index in [9.17, 15) is 18.4 Å². The molecule has 6 rings (SSSR count). The van der Waals surface area contributed by atoms with Crippen molar-refractivity contribution in [1.29, 1.82) is 0 Å². The number of hydrogen-bond donors (Lipinski definition) is 1. The molecule has 4 saturated heterocycles. The van der Waals surface area contributed by atoms with Crippen LogP contribution in [0.5, 0.6) is 0 Å². The third-order valence-corrected chi connectivity index (χ3v) is 10.4. The number of carbonyl (C=O) groups is 2. The van der Waals surface area contributed by atoms with Gasteiger partial charge in [0.25, 0.3) is 0 Å². The first-order chi connectivity index (χ1) is 19.7. The molecule has 3 amide bonds. The van der Waals surface area contributed by atoms with Gasteiger partial charge in [0, 0.05) is 63.4 Å². The van der Waals surface area contributed by atoms with Crippen molar-refractivity contribution >= 4 is 11.9 Å². The quantitative estimate of drug-likeness (QED) is 0.498. The first-order valence-corrected chi connectivity index (χ1v) is 15.4. The summed E-state index contributed by atoms with van der Waals surface area (Å²) in [6.45, 7) is 3.87. The van der Waals surface area contributed by atoms with Gasteiger partial charge in [-0.15, -0.1) is 0 Å². The summed E-state index contributed by atoms with van der Waals surface area (Å²) in [6.07, 6.45) is 4.98. The maximum Gasteiger partial charge on any atom is 0.320 e. The van der Waals surface area contributed by atoms with E-state index in [2.05, 4.69) is 10.2 Å². The molecule has 4 heterocycles. The molecule has 1 saturated carbocycles. The van der Waals surface area contributed by atoms with Crippen LogP contribution in [0.3, 0.4) is 0 Å². The van der Waals surface area contributed by atoms with Crippen molar-refractivity contribution in [2.45, 2.75) is 87.4 Å². The Morgan fingerprint density at radius 2 is 1.71 bits per heavy atom. The summed E-state index contributed by atoms with van der Waals surface area (Å²) < 4.78 is 38.3. The fraction of sp³-hybridized carbons (Fsp3) is 0.742. The van der Waals surface area contributed by atoms with Crippen molar-refractivity contribution in [2.24, 2.45) is 11.8 Å². The molecule has 3 atom stereocenters. The maximum atomic E-state index is 13.7. The number of alkyl halides is 2. The van der Waals surface area contributed by atoms with E-state index in [0.717, 1.165) is 50.8 Å². The van der Waals surface area contributed by atoms with Crippen LogP contribution in [0.1, 0.15) is 69.4 Å². The van der Waals surface area contributed by atoms with Crippen molar-refractivity contribution in [3.8, 4) is 0 Å². The molecule has 10 heteroatoms. The summed E-state index contributed by atoms with van der Waals surface area (Å²) in [5, 5.41) is 3.24. The first kappa shape index (κ1) is 28.8. The Bertz CT molecular complexity index is 1060. The molecule has 1 aromatic carbocycles. The molecule has 5 aliphatic rings. The van der Waals surface area contributed by atoms with Gasteiger partial charge in [0.2, 0.25) is 11.8 Å². The lowest BCUT2D eigenvalue weighted by molar-refractivity contribution is -0.130. The van der Waals surface area contributed by atoms with Crippen LogP contribution >= 0.6 is 0 Å². The number of amides is 3. The van der Waals surface area contributed by atoms with Gasteiger partial charge in [0.05, 0.1) is 24.8 Å². The third-order valence-electron chi connectivity index (χ3n) is 10.4. The van der Waals surface area contributed by atoms with Crippen molar-refractivity contribution < 1.29 is 27.8 Å². The van der Waals surface area contributed by atoms with E-state index in [0.29, 0.717) is 38.6 Å². The van der Waals surface area contributed by atoms with Gasteiger partial charge < -0.3 is 24.6 Å². The number of carbonyl (C=O) groups excluding carboxylic acids is 2. The number of piperidine rings is 1. The Labute approximate surface area is 241 Å². The number of urea groups is 1. The highest BCUT2D eigenvalue weighted by Crippen LogP contribution is 2.46. The summed E-state index contributed by atoms with van der Waals surface area (Å²) in [6, 6.07) is 10.8. The normalized spacial score (nSPS) is 31.6. The fourth-order valence-electron chi connectivity index (χ4n) is 8.10. The molecule has 2 unspecified atom stereocenters. The van der Waals surface area contributed by atoms with Gasteiger partial charge in [-0.2, -0.15) is 0 Å². The second-order valence-electron chi connectivity index (χ2n) is 13.1. The van der Waals surface area contributed by atoms with Crippen LogP contribution in [-0.4, -0.2) is 96.9 Å². The number of halogens is 2. The molecule has 5 fully saturated rings. The molecule has 1 aliphatic carbocycles. The van der Waals surface area contributed by atoms with Crippen LogP contribution in [0.15, 0.2) is 30.3 Å². The molecule has 0 aromatic heterocycles. The van der Waals surface area contributed by atoms with Crippen molar-refractivity contribution in [3.63, 3.8) is 0 Å². The number of rotatable bonds is 8. The Kier molecular flexibility index (Phi) is 8.26. The SMILES string of the molecule is CN1C(=O)N(CC2COCOC2)CC12CC1CCC(C2)N1CC[C@H](NC(=O)C1CCC(F)(F)CC1)c1ccccc1. The molecular formula is C31H44F2N4O4. The van der Waals surface area contributed by atoms with Crippen molar-refractivity contribution in [1.82, 2.24) is 20.0 Å². The lowest BCUT2D eigenvalue weighted by Gasteiger charge is -2.47. The summed E-state index contributed by atoms with van der Waals surface area (Å²) in [5.41, 5.74) is 0.904. The molecule has 8 nitrogen and oxygen atoms in total. The van der Waals surface area contributed by atoms with Crippen molar-refractivity contribution in [2.75, 3.05) is 46.7 Å². The van der Waals surface area contributed by atoms with E-state index in [1.807, 2.05) is 47.2 Å². The minimum atomic E-state index is -2.64. The molecular weight excluding hydrogens is 530 g/mol. The molecule has 1 spiro atoms. The molecule has 41 heavy (non-hydrogen) atoms. The van der Waals surface area contributed by atoms with Crippen LogP contribution < -0.4 is 5.32 Å². The predicted molar refractivity (Wildman–Crippen MR) is 149 cm³/mol. The van der Waals surface area contributed by atoms with Crippen LogP contribution in [0, 0.1) is 11.8 Å². The predicted octanol–water partition coefficient (Wildman–Crippen LogP) is 4.41. The Morgan fingerprint density at radius 1 is 1.05 bits per heavy atom. The zero-order valence-corrected chi connectivity index (χ0v) is 24.1. The number of nitrogens with one attached hydrogen (secondary N) is 1. The van der Waals surface area contributed by atoms with Gasteiger partial charge in [-0.3, -0.25) is 9.69 Å². The Balaban J connectivity index is 1.08. The Hall–Kier alpha value is -2.30. The van der Waals surface area contributed by atoms with E-state index in [-0.39, 0.29) is 61.0 Å². The average Bonchev–Trinajstić information content (AvgIpc) is 3.35. The molecule has 0 radical (unpaired) electrons. The summed E-state index contributed by atoms with van der Waals surface area (Å²) in [7, 11) is 1.97. The number of benzene rings is 1. The minimum absolute atomic E-state index is 0.102. The molecule has 1 aromatic rings. The number of likely N-dealkylation sites (N-methyl/N-ethyl adjacent to an activating group) is 1. The standard InChI is InChI=1S/C31H44F2N4O4/c1-35-29(39)36(17-22-18-40-21-41-19-22)20-30(35)15-25-7-8-26(16-30)37(25)14-11-27(23-5-3-2-4-6-23)34-28(38)24-9-12-31(32,33)13-10-24/h2-6,22,24-27H,7-21H2,1H3,(H,34,38)/t25?,26?,27-,30?/m0/s1. The highest BCUT2D eigenvalue weighted by atomic mass is 19.3. The lowest BCUT2D eigenvalue weighted by Crippen LogP contribution is -2.57. The zero-order chi connectivity index (χ0) is 28.6. The lowest BCUT2D eigenvalue weighted by atomic mass is 9.82. The van der Waals surface area contributed by atoms with Gasteiger partial charge in [-0.05, 0) is 50.5 Å². The average molecular weight is 575 g/mol. The summed E-state index contributed by atoms with van der Waals surface area (Å²) >= 11 is 0. The number of nitrogens with zero attached hydrogens (tertiary/aromatic N) is 3. The Morgan fingerprint density at radius 3 is 2.37 bits per heavy atom. The van der Waals surface area contributed by atoms with Gasteiger partial charge >= 0.3 is 6.03 Å². The zero-order valence-electron chi connectivity index (χ0n) is 24.1.